The lowest BCUT2D eigenvalue weighted by atomic mass is 9.97. The number of nitrogens with one attached hydrogen (secondary N) is 3. The zero-order chi connectivity index (χ0) is 26.5. The molecule has 1 saturated heterocycles. The van der Waals surface area contributed by atoms with Crippen LogP contribution in [0.3, 0.4) is 0 Å². The van der Waals surface area contributed by atoms with Crippen molar-refractivity contribution in [2.45, 2.75) is 24.7 Å². The molecule has 4 N–H and O–H groups in total. The Labute approximate surface area is 209 Å². The van der Waals surface area contributed by atoms with Crippen molar-refractivity contribution in [2.24, 2.45) is 0 Å². The van der Waals surface area contributed by atoms with E-state index in [-0.39, 0.29) is 43.6 Å². The number of aromatic hydroxyl groups is 1. The van der Waals surface area contributed by atoms with Crippen LogP contribution >= 0.6 is 0 Å². The van der Waals surface area contributed by atoms with Crippen LogP contribution in [0.2, 0.25) is 0 Å². The van der Waals surface area contributed by atoms with Crippen molar-refractivity contribution >= 4 is 23.4 Å². The SMILES string of the molecule is O=C(N[C@@]1(C(=O)NCc2ccc(Nc3ccccc3C(F)(F)F)cc2)CCOC1)Oc1cccc(O)n1. The molecule has 4 rings (SSSR count). The average Bonchev–Trinajstić information content (AvgIpc) is 3.32. The van der Waals surface area contributed by atoms with Gasteiger partial charge < -0.3 is 30.5 Å². The number of carbonyl (C=O) groups excluding carboxylic acids is 2. The van der Waals surface area contributed by atoms with Crippen molar-refractivity contribution in [3.8, 4) is 11.8 Å². The normalized spacial score (nSPS) is 17.2. The molecule has 1 aliphatic rings. The molecular weight excluding hydrogens is 493 g/mol. The molecule has 0 spiro atoms. The molecule has 194 valence electrons. The van der Waals surface area contributed by atoms with Crippen LogP contribution < -0.4 is 20.7 Å². The number of rotatable bonds is 7. The fourth-order valence-electron chi connectivity index (χ4n) is 3.73. The van der Waals surface area contributed by atoms with Crippen LogP contribution in [0.4, 0.5) is 29.3 Å². The Morgan fingerprint density at radius 1 is 1.05 bits per heavy atom. The van der Waals surface area contributed by atoms with Gasteiger partial charge in [0.25, 0.3) is 0 Å². The van der Waals surface area contributed by atoms with E-state index in [4.69, 9.17) is 9.47 Å². The van der Waals surface area contributed by atoms with E-state index in [1.807, 2.05) is 0 Å². The molecule has 3 aromatic rings. The summed E-state index contributed by atoms with van der Waals surface area (Å²) >= 11 is 0. The first-order valence-corrected chi connectivity index (χ1v) is 11.2. The second kappa shape index (κ2) is 10.7. The number of halogens is 3. The Bertz CT molecular complexity index is 1260. The predicted octanol–water partition coefficient (Wildman–Crippen LogP) is 4.11. The first kappa shape index (κ1) is 25.8. The third-order valence-electron chi connectivity index (χ3n) is 5.62. The lowest BCUT2D eigenvalue weighted by molar-refractivity contribution is -0.137. The van der Waals surface area contributed by atoms with Gasteiger partial charge in [0.2, 0.25) is 17.7 Å². The highest BCUT2D eigenvalue weighted by Crippen LogP contribution is 2.35. The van der Waals surface area contributed by atoms with Crippen molar-refractivity contribution < 1.29 is 37.3 Å². The molecule has 9 nitrogen and oxygen atoms in total. The molecule has 2 heterocycles. The summed E-state index contributed by atoms with van der Waals surface area (Å²) in [5.41, 5.74) is -1.09. The lowest BCUT2D eigenvalue weighted by Crippen LogP contribution is -2.59. The second-order valence-electron chi connectivity index (χ2n) is 8.28. The minimum absolute atomic E-state index is 0.0666. The summed E-state index contributed by atoms with van der Waals surface area (Å²) in [5, 5.41) is 17.4. The van der Waals surface area contributed by atoms with Crippen molar-refractivity contribution in [2.75, 3.05) is 18.5 Å². The van der Waals surface area contributed by atoms with E-state index in [0.717, 1.165) is 6.07 Å². The first-order chi connectivity index (χ1) is 17.6. The number of aromatic nitrogens is 1. The quantitative estimate of drug-likeness (QED) is 0.373. The number of amides is 2. The number of ether oxygens (including phenoxy) is 2. The molecule has 2 amide bonds. The highest BCUT2D eigenvalue weighted by atomic mass is 19.4. The van der Waals surface area contributed by atoms with Crippen LogP contribution in [-0.2, 0) is 22.3 Å². The number of alkyl halides is 3. The van der Waals surface area contributed by atoms with E-state index in [2.05, 4.69) is 20.9 Å². The van der Waals surface area contributed by atoms with E-state index >= 15 is 0 Å². The molecule has 12 heteroatoms. The summed E-state index contributed by atoms with van der Waals surface area (Å²) in [6.45, 7) is 0.283. The van der Waals surface area contributed by atoms with Gasteiger partial charge in [-0.15, -0.1) is 0 Å². The minimum Gasteiger partial charge on any atom is -0.493 e. The van der Waals surface area contributed by atoms with Crippen molar-refractivity contribution in [1.82, 2.24) is 15.6 Å². The smallest absolute Gasteiger partial charge is 0.418 e. The molecule has 1 atom stereocenters. The van der Waals surface area contributed by atoms with Gasteiger partial charge in [-0.2, -0.15) is 18.2 Å². The Morgan fingerprint density at radius 3 is 2.49 bits per heavy atom. The molecule has 1 aromatic heterocycles. The minimum atomic E-state index is -4.49. The van der Waals surface area contributed by atoms with Gasteiger partial charge in [0.15, 0.2) is 0 Å². The van der Waals surface area contributed by atoms with Crippen LogP contribution in [-0.4, -0.2) is 40.8 Å². The maximum Gasteiger partial charge on any atom is 0.418 e. The van der Waals surface area contributed by atoms with Gasteiger partial charge in [-0.3, -0.25) is 4.79 Å². The molecule has 0 saturated carbocycles. The molecule has 0 radical (unpaired) electrons. The van der Waals surface area contributed by atoms with E-state index in [1.165, 1.54) is 36.4 Å². The van der Waals surface area contributed by atoms with Crippen molar-refractivity contribution in [1.29, 1.82) is 0 Å². The Balaban J connectivity index is 1.36. The average molecular weight is 516 g/mol. The molecule has 37 heavy (non-hydrogen) atoms. The first-order valence-electron chi connectivity index (χ1n) is 11.2. The molecule has 1 fully saturated rings. The van der Waals surface area contributed by atoms with Crippen molar-refractivity contribution in [3.05, 3.63) is 77.9 Å². The molecule has 1 aliphatic heterocycles. The summed E-state index contributed by atoms with van der Waals surface area (Å²) in [6, 6.07) is 15.8. The molecule has 2 aromatic carbocycles. The van der Waals surface area contributed by atoms with Gasteiger partial charge in [-0.05, 0) is 29.8 Å². The largest absolute Gasteiger partial charge is 0.493 e. The number of anilines is 2. The Hall–Kier alpha value is -4.32. The van der Waals surface area contributed by atoms with Gasteiger partial charge in [-0.25, -0.2) is 4.79 Å². The maximum atomic E-state index is 13.2. The molecule has 0 bridgehead atoms. The van der Waals surface area contributed by atoms with E-state index in [9.17, 15) is 27.9 Å². The fraction of sp³-hybridized carbons (Fsp3) is 0.240. The van der Waals surface area contributed by atoms with Crippen LogP contribution in [0.15, 0.2) is 66.7 Å². The van der Waals surface area contributed by atoms with Gasteiger partial charge in [0.1, 0.15) is 5.54 Å². The Kier molecular flexibility index (Phi) is 7.48. The van der Waals surface area contributed by atoms with Crippen LogP contribution in [0.1, 0.15) is 17.5 Å². The summed E-state index contributed by atoms with van der Waals surface area (Å²) in [7, 11) is 0. The summed E-state index contributed by atoms with van der Waals surface area (Å²) < 4.78 is 50.0. The third kappa shape index (κ3) is 6.47. The number of hydrogen-bond donors (Lipinski definition) is 4. The van der Waals surface area contributed by atoms with Crippen LogP contribution in [0.25, 0.3) is 0 Å². The monoisotopic (exact) mass is 516 g/mol. The third-order valence-corrected chi connectivity index (χ3v) is 5.62. The number of pyridine rings is 1. The summed E-state index contributed by atoms with van der Waals surface area (Å²) in [5.74, 6) is -0.960. The van der Waals surface area contributed by atoms with E-state index < -0.39 is 29.3 Å². The number of benzene rings is 2. The standard InChI is InChI=1S/C25H23F3N4O5/c26-25(27,28)18-4-1-2-5-19(18)30-17-10-8-16(9-11-17)14-29-22(34)24(12-13-36-15-24)32-23(35)37-21-7-3-6-20(33)31-21/h1-11,30H,12-15H2,(H,29,34)(H,31,33)(H,32,35)/t24-/m0/s1. The van der Waals surface area contributed by atoms with Crippen LogP contribution in [0, 0.1) is 0 Å². The number of hydrogen-bond acceptors (Lipinski definition) is 7. The molecule has 0 aliphatic carbocycles. The maximum absolute atomic E-state index is 13.2. The second-order valence-corrected chi connectivity index (χ2v) is 8.28. The zero-order valence-corrected chi connectivity index (χ0v) is 19.3. The van der Waals surface area contributed by atoms with Gasteiger partial charge in [0.05, 0.1) is 17.9 Å². The van der Waals surface area contributed by atoms with Gasteiger partial charge in [0, 0.05) is 37.4 Å². The van der Waals surface area contributed by atoms with Gasteiger partial charge in [-0.1, -0.05) is 30.3 Å². The topological polar surface area (TPSA) is 122 Å². The van der Waals surface area contributed by atoms with E-state index in [1.54, 1.807) is 24.3 Å². The van der Waals surface area contributed by atoms with Gasteiger partial charge >= 0.3 is 12.3 Å². The summed E-state index contributed by atoms with van der Waals surface area (Å²) in [4.78, 5) is 29.0. The fourth-order valence-corrected chi connectivity index (χ4v) is 3.73. The van der Waals surface area contributed by atoms with E-state index in [0.29, 0.717) is 11.3 Å². The highest BCUT2D eigenvalue weighted by Gasteiger charge is 2.44. The number of nitrogens with zero attached hydrogens (tertiary/aromatic N) is 1. The summed E-state index contributed by atoms with van der Waals surface area (Å²) in [6.07, 6.45) is -5.22. The lowest BCUT2D eigenvalue weighted by Gasteiger charge is -2.26. The number of carbonyl (C=O) groups is 2. The Morgan fingerprint density at radius 2 is 1.81 bits per heavy atom. The zero-order valence-electron chi connectivity index (χ0n) is 19.3. The highest BCUT2D eigenvalue weighted by molar-refractivity contribution is 5.90. The number of para-hydroxylation sites is 1. The van der Waals surface area contributed by atoms with Crippen LogP contribution in [0.5, 0.6) is 11.8 Å². The molecular formula is C25H23F3N4O5. The van der Waals surface area contributed by atoms with Crippen molar-refractivity contribution in [3.63, 3.8) is 0 Å². The predicted molar refractivity (Wildman–Crippen MR) is 126 cm³/mol. The molecule has 0 unspecified atom stereocenters.